The maximum Gasteiger partial charge on any atom is 0.303 e. The molecule has 5 heteroatoms. The zero-order valence-electron chi connectivity index (χ0n) is 8.12. The number of rotatable bonds is 4. The summed E-state index contributed by atoms with van der Waals surface area (Å²) in [6, 6.07) is 0. The Morgan fingerprint density at radius 3 is 1.92 bits per heavy atom. The van der Waals surface area contributed by atoms with Gasteiger partial charge in [-0.2, -0.15) is 0 Å². The number of aliphatic carboxylic acids is 1. The second kappa shape index (κ2) is 8.99. The Morgan fingerprint density at radius 1 is 1.46 bits per heavy atom. The molecule has 0 aromatic rings. The first-order chi connectivity index (χ1) is 5.93. The number of hydrogen-bond donors (Lipinski definition) is 3. The number of hydrogen-bond acceptors (Lipinski definition) is 3. The molecule has 0 fully saturated rings. The van der Waals surface area contributed by atoms with Crippen molar-refractivity contribution in [2.45, 2.75) is 26.7 Å². The largest absolute Gasteiger partial charge is 0.481 e. The number of carboxylic acids is 1. The molecule has 0 saturated heterocycles. The van der Waals surface area contributed by atoms with Gasteiger partial charge in [-0.3, -0.25) is 9.59 Å². The van der Waals surface area contributed by atoms with Crippen molar-refractivity contribution in [2.24, 2.45) is 17.4 Å². The Bertz CT molecular complexity index is 159. The molecule has 5 N–H and O–H groups in total. The quantitative estimate of drug-likeness (QED) is 0.577. The van der Waals surface area contributed by atoms with E-state index in [0.717, 1.165) is 6.42 Å². The van der Waals surface area contributed by atoms with Crippen LogP contribution in [0.1, 0.15) is 26.7 Å². The van der Waals surface area contributed by atoms with Gasteiger partial charge in [0.25, 0.3) is 0 Å². The fourth-order valence-corrected chi connectivity index (χ4v) is 0.442. The predicted octanol–water partition coefficient (Wildman–Crippen LogP) is -0.0624. The molecule has 0 rings (SSSR count). The van der Waals surface area contributed by atoms with E-state index in [1.165, 1.54) is 0 Å². The average Bonchev–Trinajstić information content (AvgIpc) is 2.04. The summed E-state index contributed by atoms with van der Waals surface area (Å²) in [7, 11) is 0. The molecule has 0 radical (unpaired) electrons. The molecule has 13 heavy (non-hydrogen) atoms. The molecule has 0 aliphatic rings. The predicted molar refractivity (Wildman–Crippen MR) is 50.0 cm³/mol. The second-order valence-corrected chi connectivity index (χ2v) is 2.78. The Hall–Kier alpha value is -1.10. The summed E-state index contributed by atoms with van der Waals surface area (Å²) < 4.78 is 0. The van der Waals surface area contributed by atoms with Crippen LogP contribution in [-0.2, 0) is 9.59 Å². The van der Waals surface area contributed by atoms with Gasteiger partial charge in [-0.1, -0.05) is 20.3 Å². The number of nitrogens with two attached hydrogens (primary N) is 2. The Kier molecular flexibility index (Phi) is 9.98. The van der Waals surface area contributed by atoms with E-state index in [4.69, 9.17) is 10.8 Å². The van der Waals surface area contributed by atoms with E-state index in [-0.39, 0.29) is 6.54 Å². The third-order valence-corrected chi connectivity index (χ3v) is 1.42. The summed E-state index contributed by atoms with van der Waals surface area (Å²) in [4.78, 5) is 19.4. The van der Waals surface area contributed by atoms with Crippen molar-refractivity contribution < 1.29 is 14.7 Å². The van der Waals surface area contributed by atoms with Crippen molar-refractivity contribution in [1.29, 1.82) is 0 Å². The van der Waals surface area contributed by atoms with Crippen LogP contribution in [-0.4, -0.2) is 23.5 Å². The number of amides is 1. The molecule has 0 aromatic carbocycles. The van der Waals surface area contributed by atoms with Crippen molar-refractivity contribution in [3.63, 3.8) is 0 Å². The summed E-state index contributed by atoms with van der Waals surface area (Å²) in [6.45, 7) is 3.88. The van der Waals surface area contributed by atoms with Gasteiger partial charge < -0.3 is 16.6 Å². The third-order valence-electron chi connectivity index (χ3n) is 1.42. The van der Waals surface area contributed by atoms with Crippen LogP contribution in [0.15, 0.2) is 0 Å². The van der Waals surface area contributed by atoms with Crippen LogP contribution < -0.4 is 11.5 Å². The highest BCUT2D eigenvalue weighted by atomic mass is 16.4. The highest BCUT2D eigenvalue weighted by Gasteiger charge is 2.02. The molecule has 0 aromatic heterocycles. The van der Waals surface area contributed by atoms with Crippen molar-refractivity contribution in [3.05, 3.63) is 0 Å². The fraction of sp³-hybridized carbons (Fsp3) is 0.750. The van der Waals surface area contributed by atoms with Crippen molar-refractivity contribution in [3.8, 4) is 0 Å². The Labute approximate surface area is 78.1 Å². The van der Waals surface area contributed by atoms with Crippen LogP contribution in [0.4, 0.5) is 0 Å². The van der Waals surface area contributed by atoms with Gasteiger partial charge in [0, 0.05) is 6.42 Å². The molecular weight excluding hydrogens is 172 g/mol. The SMILES string of the molecule is CCC(C)CC(=O)O.NCC(N)=O. The number of carboxylic acid groups (broad SMARTS) is 1. The summed E-state index contributed by atoms with van der Waals surface area (Å²) in [6.07, 6.45) is 1.25. The van der Waals surface area contributed by atoms with Crippen molar-refractivity contribution in [1.82, 2.24) is 0 Å². The van der Waals surface area contributed by atoms with Crippen molar-refractivity contribution in [2.75, 3.05) is 6.54 Å². The molecular formula is C8H18N2O3. The van der Waals surface area contributed by atoms with E-state index in [1.54, 1.807) is 0 Å². The topological polar surface area (TPSA) is 106 Å². The molecule has 1 amide bonds. The smallest absolute Gasteiger partial charge is 0.303 e. The molecule has 5 nitrogen and oxygen atoms in total. The van der Waals surface area contributed by atoms with Gasteiger partial charge >= 0.3 is 5.97 Å². The number of primary amides is 1. The van der Waals surface area contributed by atoms with E-state index in [2.05, 4.69) is 5.73 Å². The molecule has 1 atom stereocenters. The maximum absolute atomic E-state index is 9.97. The van der Waals surface area contributed by atoms with Crippen LogP contribution in [0.3, 0.4) is 0 Å². The molecule has 78 valence electrons. The van der Waals surface area contributed by atoms with Gasteiger partial charge in [-0.15, -0.1) is 0 Å². The average molecular weight is 190 g/mol. The van der Waals surface area contributed by atoms with E-state index in [1.807, 2.05) is 13.8 Å². The van der Waals surface area contributed by atoms with E-state index >= 15 is 0 Å². The minimum absolute atomic E-state index is 0.0556. The van der Waals surface area contributed by atoms with Gasteiger partial charge in [0.2, 0.25) is 5.91 Å². The van der Waals surface area contributed by atoms with Crippen LogP contribution in [0.5, 0.6) is 0 Å². The molecule has 1 unspecified atom stereocenters. The van der Waals surface area contributed by atoms with Gasteiger partial charge in [-0.25, -0.2) is 0 Å². The molecule has 0 spiro atoms. The Morgan fingerprint density at radius 2 is 1.85 bits per heavy atom. The van der Waals surface area contributed by atoms with E-state index in [0.29, 0.717) is 12.3 Å². The first-order valence-electron chi connectivity index (χ1n) is 4.14. The molecule has 0 heterocycles. The standard InChI is InChI=1S/C6H12O2.C2H6N2O/c1-3-5(2)4-6(7)8;3-1-2(4)5/h5H,3-4H2,1-2H3,(H,7,8);1,3H2,(H2,4,5). The third kappa shape index (κ3) is 18.1. The number of carbonyl (C=O) groups is 2. The van der Waals surface area contributed by atoms with Crippen molar-refractivity contribution >= 4 is 11.9 Å². The molecule has 0 aliphatic carbocycles. The monoisotopic (exact) mass is 190 g/mol. The van der Waals surface area contributed by atoms with Gasteiger partial charge in [0.15, 0.2) is 0 Å². The maximum atomic E-state index is 9.97. The van der Waals surface area contributed by atoms with Crippen LogP contribution in [0.25, 0.3) is 0 Å². The molecule has 0 bridgehead atoms. The normalized spacial score (nSPS) is 11.0. The first kappa shape index (κ1) is 14.4. The summed E-state index contributed by atoms with van der Waals surface area (Å²) in [5.74, 6) is -0.836. The van der Waals surface area contributed by atoms with Crippen LogP contribution in [0.2, 0.25) is 0 Å². The first-order valence-corrected chi connectivity index (χ1v) is 4.14. The molecule has 0 aliphatic heterocycles. The lowest BCUT2D eigenvalue weighted by molar-refractivity contribution is -0.138. The van der Waals surface area contributed by atoms with Crippen LogP contribution in [0, 0.1) is 5.92 Å². The lowest BCUT2D eigenvalue weighted by atomic mass is 10.1. The minimum Gasteiger partial charge on any atom is -0.481 e. The highest BCUT2D eigenvalue weighted by Crippen LogP contribution is 2.04. The zero-order valence-corrected chi connectivity index (χ0v) is 8.12. The second-order valence-electron chi connectivity index (χ2n) is 2.78. The van der Waals surface area contributed by atoms with Gasteiger partial charge in [-0.05, 0) is 5.92 Å². The van der Waals surface area contributed by atoms with Gasteiger partial charge in [0.05, 0.1) is 6.54 Å². The summed E-state index contributed by atoms with van der Waals surface area (Å²) in [5.41, 5.74) is 9.22. The zero-order chi connectivity index (χ0) is 10.9. The van der Waals surface area contributed by atoms with Crippen LogP contribution >= 0.6 is 0 Å². The summed E-state index contributed by atoms with van der Waals surface area (Å²) in [5, 5.41) is 8.22. The Balaban J connectivity index is 0. The summed E-state index contributed by atoms with van der Waals surface area (Å²) >= 11 is 0. The lowest BCUT2D eigenvalue weighted by Gasteiger charge is -2.00. The van der Waals surface area contributed by atoms with Gasteiger partial charge in [0.1, 0.15) is 0 Å². The molecule has 0 saturated carbocycles. The lowest BCUT2D eigenvalue weighted by Crippen LogP contribution is -2.21. The highest BCUT2D eigenvalue weighted by molar-refractivity contribution is 5.75. The number of carbonyl (C=O) groups excluding carboxylic acids is 1. The fourth-order valence-electron chi connectivity index (χ4n) is 0.442. The van der Waals surface area contributed by atoms with E-state index in [9.17, 15) is 9.59 Å². The minimum atomic E-state index is -0.695. The van der Waals surface area contributed by atoms with E-state index < -0.39 is 11.9 Å².